The molecule has 3 aromatic rings. The molecule has 1 aromatic carbocycles. The van der Waals surface area contributed by atoms with Gasteiger partial charge in [-0.1, -0.05) is 6.07 Å². The molecule has 0 atom stereocenters. The van der Waals surface area contributed by atoms with E-state index in [1.54, 1.807) is 13.2 Å². The largest absolute Gasteiger partial charge is 0.497 e. The first-order chi connectivity index (χ1) is 10.2. The van der Waals surface area contributed by atoms with Gasteiger partial charge in [0.25, 0.3) is 0 Å². The first-order valence-electron chi connectivity index (χ1n) is 6.33. The van der Waals surface area contributed by atoms with E-state index >= 15 is 0 Å². The molecule has 0 saturated heterocycles. The summed E-state index contributed by atoms with van der Waals surface area (Å²) in [6.07, 6.45) is 0. The second-order valence-corrected chi connectivity index (χ2v) is 5.36. The fourth-order valence-corrected chi connectivity index (χ4v) is 2.89. The average molecular weight is 299 g/mol. The number of thiophene rings is 1. The highest BCUT2D eigenvalue weighted by Crippen LogP contribution is 2.27. The SMILES string of the molecule is COC(=O)c1cc(-c2ccc3cc(OC)ccc3n2)cs1. The van der Waals surface area contributed by atoms with Crippen molar-refractivity contribution in [2.24, 2.45) is 0 Å². The Labute approximate surface area is 126 Å². The Hall–Kier alpha value is -2.40. The van der Waals surface area contributed by atoms with Gasteiger partial charge in [-0.15, -0.1) is 11.3 Å². The van der Waals surface area contributed by atoms with E-state index in [1.807, 2.05) is 35.7 Å². The molecule has 4 nitrogen and oxygen atoms in total. The van der Waals surface area contributed by atoms with Crippen LogP contribution in [-0.4, -0.2) is 25.2 Å². The van der Waals surface area contributed by atoms with Gasteiger partial charge in [-0.2, -0.15) is 0 Å². The average Bonchev–Trinajstić information content (AvgIpc) is 3.03. The molecule has 2 aromatic heterocycles. The summed E-state index contributed by atoms with van der Waals surface area (Å²) in [5.74, 6) is 0.484. The van der Waals surface area contributed by atoms with E-state index < -0.39 is 0 Å². The molecule has 0 aliphatic rings. The van der Waals surface area contributed by atoms with Gasteiger partial charge in [0.1, 0.15) is 10.6 Å². The Balaban J connectivity index is 2.01. The fraction of sp³-hybridized carbons (Fsp3) is 0.125. The van der Waals surface area contributed by atoms with Crippen molar-refractivity contribution in [2.45, 2.75) is 0 Å². The molecule has 0 bridgehead atoms. The van der Waals surface area contributed by atoms with Gasteiger partial charge in [-0.25, -0.2) is 9.78 Å². The van der Waals surface area contributed by atoms with Crippen molar-refractivity contribution in [3.63, 3.8) is 0 Å². The number of carbonyl (C=O) groups is 1. The molecule has 0 unspecified atom stereocenters. The predicted molar refractivity (Wildman–Crippen MR) is 82.9 cm³/mol. The van der Waals surface area contributed by atoms with Gasteiger partial charge in [0.15, 0.2) is 0 Å². The van der Waals surface area contributed by atoms with Crippen LogP contribution in [0.15, 0.2) is 41.8 Å². The molecule has 0 aliphatic heterocycles. The van der Waals surface area contributed by atoms with Crippen molar-refractivity contribution in [3.05, 3.63) is 46.7 Å². The molecule has 0 amide bonds. The van der Waals surface area contributed by atoms with E-state index in [1.165, 1.54) is 18.4 Å². The minimum absolute atomic E-state index is 0.322. The summed E-state index contributed by atoms with van der Waals surface area (Å²) in [6, 6.07) is 11.5. The summed E-state index contributed by atoms with van der Waals surface area (Å²) in [5.41, 5.74) is 2.64. The number of rotatable bonds is 3. The minimum atomic E-state index is -0.322. The van der Waals surface area contributed by atoms with Crippen molar-refractivity contribution < 1.29 is 14.3 Å². The summed E-state index contributed by atoms with van der Waals surface area (Å²) < 4.78 is 9.92. The van der Waals surface area contributed by atoms with Crippen LogP contribution >= 0.6 is 11.3 Å². The van der Waals surface area contributed by atoms with Crippen molar-refractivity contribution in [2.75, 3.05) is 14.2 Å². The number of hydrogen-bond donors (Lipinski definition) is 0. The Kier molecular flexibility index (Phi) is 3.58. The smallest absolute Gasteiger partial charge is 0.348 e. The van der Waals surface area contributed by atoms with E-state index in [0.717, 1.165) is 27.9 Å². The zero-order chi connectivity index (χ0) is 14.8. The zero-order valence-corrected chi connectivity index (χ0v) is 12.4. The highest BCUT2D eigenvalue weighted by Gasteiger charge is 2.11. The van der Waals surface area contributed by atoms with Gasteiger partial charge in [0.2, 0.25) is 0 Å². The highest BCUT2D eigenvalue weighted by molar-refractivity contribution is 7.12. The normalized spacial score (nSPS) is 10.6. The Morgan fingerprint density at radius 3 is 2.76 bits per heavy atom. The number of ether oxygens (including phenoxy) is 2. The van der Waals surface area contributed by atoms with Crippen LogP contribution in [0.1, 0.15) is 9.67 Å². The minimum Gasteiger partial charge on any atom is -0.497 e. The molecule has 0 fully saturated rings. The van der Waals surface area contributed by atoms with Crippen LogP contribution in [0.4, 0.5) is 0 Å². The van der Waals surface area contributed by atoms with E-state index in [2.05, 4.69) is 4.98 Å². The number of esters is 1. The number of aromatic nitrogens is 1. The topological polar surface area (TPSA) is 48.4 Å². The first kappa shape index (κ1) is 13.6. The van der Waals surface area contributed by atoms with Crippen molar-refractivity contribution in [1.82, 2.24) is 4.98 Å². The summed E-state index contributed by atoms with van der Waals surface area (Å²) in [4.78, 5) is 16.7. The molecule has 21 heavy (non-hydrogen) atoms. The van der Waals surface area contributed by atoms with Crippen LogP contribution in [0.2, 0.25) is 0 Å². The molecule has 0 aliphatic carbocycles. The maximum Gasteiger partial charge on any atom is 0.348 e. The lowest BCUT2D eigenvalue weighted by atomic mass is 10.1. The molecule has 2 heterocycles. The molecule has 5 heteroatoms. The quantitative estimate of drug-likeness (QED) is 0.691. The third-order valence-corrected chi connectivity index (χ3v) is 4.09. The number of nitrogens with zero attached hydrogens (tertiary/aromatic N) is 1. The predicted octanol–water partition coefficient (Wildman–Crippen LogP) is 3.76. The van der Waals surface area contributed by atoms with Crippen LogP contribution in [0.5, 0.6) is 5.75 Å². The Morgan fingerprint density at radius 2 is 2.00 bits per heavy atom. The molecule has 106 valence electrons. The second kappa shape index (κ2) is 5.54. The number of pyridine rings is 1. The van der Waals surface area contributed by atoms with Crippen LogP contribution < -0.4 is 4.74 Å². The molecule has 3 rings (SSSR count). The number of benzene rings is 1. The Bertz CT molecular complexity index is 810. The maximum absolute atomic E-state index is 11.5. The lowest BCUT2D eigenvalue weighted by molar-refractivity contribution is 0.0606. The first-order valence-corrected chi connectivity index (χ1v) is 7.21. The van der Waals surface area contributed by atoms with Crippen molar-refractivity contribution in [3.8, 4) is 17.0 Å². The van der Waals surface area contributed by atoms with Crippen LogP contribution in [0.3, 0.4) is 0 Å². The van der Waals surface area contributed by atoms with Crippen LogP contribution in [0.25, 0.3) is 22.2 Å². The van der Waals surface area contributed by atoms with Gasteiger partial charge < -0.3 is 9.47 Å². The number of carbonyl (C=O) groups excluding carboxylic acids is 1. The van der Waals surface area contributed by atoms with Gasteiger partial charge in [0, 0.05) is 16.3 Å². The number of methoxy groups -OCH3 is 2. The molecular weight excluding hydrogens is 286 g/mol. The standard InChI is InChI=1S/C16H13NO3S/c1-19-12-4-6-13-10(7-12)3-5-14(17-13)11-8-15(21-9-11)16(18)20-2/h3-9H,1-2H3. The van der Waals surface area contributed by atoms with Gasteiger partial charge in [0.05, 0.1) is 25.4 Å². The van der Waals surface area contributed by atoms with Crippen LogP contribution in [-0.2, 0) is 4.74 Å². The molecule has 0 radical (unpaired) electrons. The molecule has 0 saturated carbocycles. The summed E-state index contributed by atoms with van der Waals surface area (Å²) in [6.45, 7) is 0. The van der Waals surface area contributed by atoms with Gasteiger partial charge in [-0.05, 0) is 30.3 Å². The lowest BCUT2D eigenvalue weighted by Gasteiger charge is -2.04. The van der Waals surface area contributed by atoms with E-state index in [0.29, 0.717) is 4.88 Å². The lowest BCUT2D eigenvalue weighted by Crippen LogP contribution is -1.96. The Morgan fingerprint density at radius 1 is 1.14 bits per heavy atom. The summed E-state index contributed by atoms with van der Waals surface area (Å²) >= 11 is 1.35. The molecular formula is C16H13NO3S. The van der Waals surface area contributed by atoms with Crippen molar-refractivity contribution in [1.29, 1.82) is 0 Å². The summed E-state index contributed by atoms with van der Waals surface area (Å²) in [5, 5.41) is 2.92. The molecule has 0 spiro atoms. The maximum atomic E-state index is 11.5. The summed E-state index contributed by atoms with van der Waals surface area (Å²) in [7, 11) is 3.02. The second-order valence-electron chi connectivity index (χ2n) is 4.45. The number of fused-ring (bicyclic) bond motifs is 1. The third-order valence-electron chi connectivity index (χ3n) is 3.18. The van der Waals surface area contributed by atoms with E-state index in [9.17, 15) is 4.79 Å². The number of hydrogen-bond acceptors (Lipinski definition) is 5. The fourth-order valence-electron chi connectivity index (χ4n) is 2.07. The van der Waals surface area contributed by atoms with E-state index in [-0.39, 0.29) is 5.97 Å². The zero-order valence-electron chi connectivity index (χ0n) is 11.6. The van der Waals surface area contributed by atoms with Gasteiger partial charge in [-0.3, -0.25) is 0 Å². The van der Waals surface area contributed by atoms with Gasteiger partial charge >= 0.3 is 5.97 Å². The van der Waals surface area contributed by atoms with E-state index in [4.69, 9.17) is 9.47 Å². The van der Waals surface area contributed by atoms with Crippen molar-refractivity contribution >= 4 is 28.2 Å². The van der Waals surface area contributed by atoms with Crippen LogP contribution in [0, 0.1) is 0 Å². The monoisotopic (exact) mass is 299 g/mol. The third kappa shape index (κ3) is 2.60. The molecule has 0 N–H and O–H groups in total. The highest BCUT2D eigenvalue weighted by atomic mass is 32.1.